The first-order valence-electron chi connectivity index (χ1n) is 9.22. The second kappa shape index (κ2) is 8.08. The fourth-order valence-corrected chi connectivity index (χ4v) is 3.16. The van der Waals surface area contributed by atoms with Crippen LogP contribution in [0.15, 0.2) is 59.4 Å². The molecule has 0 radical (unpaired) electrons. The van der Waals surface area contributed by atoms with Crippen molar-refractivity contribution in [1.29, 1.82) is 0 Å². The summed E-state index contributed by atoms with van der Waals surface area (Å²) in [5.41, 5.74) is 8.61. The smallest absolute Gasteiger partial charge is 0.328 e. The molecule has 9 heteroatoms. The van der Waals surface area contributed by atoms with Gasteiger partial charge >= 0.3 is 17.7 Å². The van der Waals surface area contributed by atoms with Crippen LogP contribution >= 0.6 is 0 Å². The van der Waals surface area contributed by atoms with Gasteiger partial charge in [0.05, 0.1) is 13.0 Å². The van der Waals surface area contributed by atoms with E-state index in [1.807, 2.05) is 36.4 Å². The summed E-state index contributed by atoms with van der Waals surface area (Å²) in [7, 11) is 0. The number of ether oxygens (including phenoxy) is 1. The lowest BCUT2D eigenvalue weighted by molar-refractivity contribution is -0.136. The molecule has 4 aromatic rings. The summed E-state index contributed by atoms with van der Waals surface area (Å²) in [6.45, 7) is 0.457. The Kier molecular flexibility index (Phi) is 5.17. The van der Waals surface area contributed by atoms with Gasteiger partial charge in [-0.3, -0.25) is 9.36 Å². The minimum atomic E-state index is -0.919. The number of carbonyl (C=O) groups is 1. The van der Waals surface area contributed by atoms with Gasteiger partial charge in [-0.05, 0) is 16.7 Å². The predicted octanol–water partition coefficient (Wildman–Crippen LogP) is 1.96. The van der Waals surface area contributed by atoms with Crippen molar-refractivity contribution in [2.75, 3.05) is 5.73 Å². The first-order valence-corrected chi connectivity index (χ1v) is 9.22. The molecular weight excluding hydrogens is 386 g/mol. The van der Waals surface area contributed by atoms with Crippen LogP contribution in [0.2, 0.25) is 0 Å². The van der Waals surface area contributed by atoms with Crippen molar-refractivity contribution in [2.24, 2.45) is 0 Å². The molecule has 0 saturated heterocycles. The lowest BCUT2D eigenvalue weighted by atomic mass is 10.1. The van der Waals surface area contributed by atoms with Crippen molar-refractivity contribution in [2.45, 2.75) is 19.6 Å². The Morgan fingerprint density at radius 2 is 1.80 bits per heavy atom. The number of nitrogen functional groups attached to an aromatic ring is 1. The molecule has 30 heavy (non-hydrogen) atoms. The largest absolute Gasteiger partial charge is 0.481 e. The Labute approximate surface area is 170 Å². The number of nitrogens with zero attached hydrogens (tertiary/aromatic N) is 3. The maximum atomic E-state index is 12.5. The highest BCUT2D eigenvalue weighted by Crippen LogP contribution is 2.19. The van der Waals surface area contributed by atoms with E-state index >= 15 is 0 Å². The van der Waals surface area contributed by atoms with Crippen LogP contribution in [0.4, 0.5) is 5.82 Å². The quantitative estimate of drug-likeness (QED) is 0.427. The van der Waals surface area contributed by atoms with Gasteiger partial charge in [0.15, 0.2) is 11.5 Å². The number of hydrogen-bond acceptors (Lipinski definition) is 6. The summed E-state index contributed by atoms with van der Waals surface area (Å²) >= 11 is 0. The summed E-state index contributed by atoms with van der Waals surface area (Å²) < 4.78 is 7.08. The highest BCUT2D eigenvalue weighted by molar-refractivity contribution is 5.82. The standard InChI is InChI=1S/C21H19N5O4/c22-18-17-19(25-20(24-18)30-12-13-5-2-1-3-6-13)26(21(29)23-17)11-15-8-4-7-14(9-15)10-16(27)28/h1-9H,10-12H2,(H,23,29)(H,27,28)(H2,22,24,25). The van der Waals surface area contributed by atoms with Crippen LogP contribution in [0.5, 0.6) is 6.01 Å². The second-order valence-corrected chi connectivity index (χ2v) is 6.77. The molecule has 2 aromatic heterocycles. The third kappa shape index (κ3) is 4.14. The topological polar surface area (TPSA) is 136 Å². The van der Waals surface area contributed by atoms with Crippen LogP contribution in [0.25, 0.3) is 11.2 Å². The summed E-state index contributed by atoms with van der Waals surface area (Å²) in [5.74, 6) is -0.810. The SMILES string of the molecule is Nc1nc(OCc2ccccc2)nc2c1[nH]c(=O)n2Cc1cccc(CC(=O)O)c1. The summed E-state index contributed by atoms with van der Waals surface area (Å²) in [4.78, 5) is 34.6. The Morgan fingerprint density at radius 1 is 1.07 bits per heavy atom. The van der Waals surface area contributed by atoms with E-state index in [1.165, 1.54) is 4.57 Å². The zero-order chi connectivity index (χ0) is 21.1. The average Bonchev–Trinajstić information content (AvgIpc) is 3.03. The number of anilines is 1. The van der Waals surface area contributed by atoms with Crippen LogP contribution in [0.1, 0.15) is 16.7 Å². The summed E-state index contributed by atoms with van der Waals surface area (Å²) in [5, 5.41) is 8.99. The lowest BCUT2D eigenvalue weighted by Crippen LogP contribution is -2.18. The van der Waals surface area contributed by atoms with Crippen LogP contribution in [-0.2, 0) is 24.4 Å². The van der Waals surface area contributed by atoms with Gasteiger partial charge < -0.3 is 20.6 Å². The molecule has 0 aliphatic heterocycles. The number of H-pyrrole nitrogens is 1. The van der Waals surface area contributed by atoms with Gasteiger partial charge in [0, 0.05) is 0 Å². The minimum Gasteiger partial charge on any atom is -0.481 e. The zero-order valence-electron chi connectivity index (χ0n) is 15.9. The van der Waals surface area contributed by atoms with Crippen LogP contribution in [-0.4, -0.2) is 30.6 Å². The van der Waals surface area contributed by atoms with E-state index in [0.29, 0.717) is 16.7 Å². The molecule has 0 unspecified atom stereocenters. The van der Waals surface area contributed by atoms with E-state index < -0.39 is 11.7 Å². The third-order valence-corrected chi connectivity index (χ3v) is 4.53. The highest BCUT2D eigenvalue weighted by Gasteiger charge is 2.15. The van der Waals surface area contributed by atoms with Crippen molar-refractivity contribution >= 4 is 23.0 Å². The van der Waals surface area contributed by atoms with E-state index in [9.17, 15) is 9.59 Å². The number of hydrogen-bond donors (Lipinski definition) is 3. The van der Waals surface area contributed by atoms with Gasteiger partial charge in [-0.2, -0.15) is 9.97 Å². The average molecular weight is 405 g/mol. The molecule has 2 heterocycles. The normalized spacial score (nSPS) is 10.9. The number of carboxylic acid groups (broad SMARTS) is 1. The van der Waals surface area contributed by atoms with E-state index in [4.69, 9.17) is 15.6 Å². The monoisotopic (exact) mass is 405 g/mol. The van der Waals surface area contributed by atoms with Crippen LogP contribution < -0.4 is 16.2 Å². The Morgan fingerprint density at radius 3 is 2.57 bits per heavy atom. The van der Waals surface area contributed by atoms with E-state index in [0.717, 1.165) is 11.1 Å². The molecule has 4 N–H and O–H groups in total. The molecule has 0 fully saturated rings. The van der Waals surface area contributed by atoms with Gasteiger partial charge in [-0.25, -0.2) is 4.79 Å². The van der Waals surface area contributed by atoms with Gasteiger partial charge in [0.2, 0.25) is 0 Å². The Hall–Kier alpha value is -4.14. The molecular formula is C21H19N5O4. The number of carboxylic acids is 1. The second-order valence-electron chi connectivity index (χ2n) is 6.77. The Balaban J connectivity index is 1.65. The lowest BCUT2D eigenvalue weighted by Gasteiger charge is -2.08. The molecule has 0 spiro atoms. The van der Waals surface area contributed by atoms with Crippen molar-refractivity contribution < 1.29 is 14.6 Å². The maximum absolute atomic E-state index is 12.5. The molecule has 0 bridgehead atoms. The molecule has 4 rings (SSSR count). The number of nitrogens with one attached hydrogen (secondary N) is 1. The number of benzene rings is 2. The van der Waals surface area contributed by atoms with Gasteiger partial charge in [-0.1, -0.05) is 54.6 Å². The van der Waals surface area contributed by atoms with Crippen molar-refractivity contribution in [3.8, 4) is 6.01 Å². The Bertz CT molecular complexity index is 1260. The van der Waals surface area contributed by atoms with E-state index in [-0.39, 0.29) is 31.4 Å². The maximum Gasteiger partial charge on any atom is 0.328 e. The number of nitrogens with two attached hydrogens (primary N) is 1. The van der Waals surface area contributed by atoms with Crippen LogP contribution in [0.3, 0.4) is 0 Å². The van der Waals surface area contributed by atoms with Crippen molar-refractivity contribution in [3.05, 3.63) is 81.8 Å². The molecule has 0 atom stereocenters. The highest BCUT2D eigenvalue weighted by atomic mass is 16.5. The van der Waals surface area contributed by atoms with E-state index in [1.54, 1.807) is 18.2 Å². The number of imidazole rings is 1. The number of aliphatic carboxylic acids is 1. The summed E-state index contributed by atoms with van der Waals surface area (Å²) in [6.07, 6.45) is -0.0940. The van der Waals surface area contributed by atoms with Crippen molar-refractivity contribution in [3.63, 3.8) is 0 Å². The zero-order valence-corrected chi connectivity index (χ0v) is 15.9. The number of aromatic nitrogens is 4. The molecule has 9 nitrogen and oxygen atoms in total. The first-order chi connectivity index (χ1) is 14.5. The van der Waals surface area contributed by atoms with Gasteiger partial charge in [0.1, 0.15) is 12.1 Å². The molecule has 0 saturated carbocycles. The van der Waals surface area contributed by atoms with Crippen LogP contribution in [0, 0.1) is 0 Å². The number of fused-ring (bicyclic) bond motifs is 1. The predicted molar refractivity (Wildman–Crippen MR) is 110 cm³/mol. The first kappa shape index (κ1) is 19.2. The third-order valence-electron chi connectivity index (χ3n) is 4.53. The molecule has 0 aliphatic carbocycles. The molecule has 152 valence electrons. The fraction of sp³-hybridized carbons (Fsp3) is 0.143. The van der Waals surface area contributed by atoms with Gasteiger partial charge in [0.25, 0.3) is 0 Å². The number of aromatic amines is 1. The summed E-state index contributed by atoms with van der Waals surface area (Å²) in [6, 6.07) is 16.7. The van der Waals surface area contributed by atoms with E-state index in [2.05, 4.69) is 15.0 Å². The number of rotatable bonds is 7. The molecule has 0 aliphatic rings. The molecule has 0 amide bonds. The van der Waals surface area contributed by atoms with Gasteiger partial charge in [-0.15, -0.1) is 0 Å². The molecule has 2 aromatic carbocycles. The fourth-order valence-electron chi connectivity index (χ4n) is 3.16. The minimum absolute atomic E-state index is 0.0660. The van der Waals surface area contributed by atoms with Crippen molar-refractivity contribution in [1.82, 2.24) is 19.5 Å².